The van der Waals surface area contributed by atoms with Crippen LogP contribution in [0.15, 0.2) is 42.5 Å². The summed E-state index contributed by atoms with van der Waals surface area (Å²) in [5, 5.41) is 1.07. The number of carbonyl (C=O) groups excluding carboxylic acids is 1. The SMILES string of the molecule is CONC(=O)c1ccccc1OCc1ccc(Cl)cc1Cl. The third-order valence-corrected chi connectivity index (χ3v) is 3.31. The molecule has 0 bridgehead atoms. The highest BCUT2D eigenvalue weighted by molar-refractivity contribution is 6.35. The van der Waals surface area contributed by atoms with Crippen LogP contribution in [0.5, 0.6) is 5.75 Å². The molecule has 0 saturated heterocycles. The van der Waals surface area contributed by atoms with Gasteiger partial charge in [0, 0.05) is 15.6 Å². The monoisotopic (exact) mass is 325 g/mol. The molecule has 0 atom stereocenters. The van der Waals surface area contributed by atoms with Gasteiger partial charge in [0.2, 0.25) is 0 Å². The van der Waals surface area contributed by atoms with Crippen molar-refractivity contribution in [2.45, 2.75) is 6.61 Å². The number of amides is 1. The molecule has 2 aromatic carbocycles. The Morgan fingerprint density at radius 3 is 2.67 bits per heavy atom. The average Bonchev–Trinajstić information content (AvgIpc) is 2.47. The van der Waals surface area contributed by atoms with E-state index in [9.17, 15) is 4.79 Å². The number of hydrogen-bond donors (Lipinski definition) is 1. The highest BCUT2D eigenvalue weighted by Crippen LogP contribution is 2.24. The van der Waals surface area contributed by atoms with Crippen LogP contribution in [0.2, 0.25) is 10.0 Å². The topological polar surface area (TPSA) is 47.6 Å². The minimum Gasteiger partial charge on any atom is -0.488 e. The molecule has 0 saturated carbocycles. The van der Waals surface area contributed by atoms with Crippen molar-refractivity contribution in [2.24, 2.45) is 0 Å². The largest absolute Gasteiger partial charge is 0.488 e. The first-order valence-corrected chi connectivity index (χ1v) is 6.86. The zero-order valence-corrected chi connectivity index (χ0v) is 12.7. The number of rotatable bonds is 5. The molecular weight excluding hydrogens is 313 g/mol. The van der Waals surface area contributed by atoms with Gasteiger partial charge in [0.05, 0.1) is 12.7 Å². The molecule has 0 aliphatic carbocycles. The summed E-state index contributed by atoms with van der Waals surface area (Å²) in [5.74, 6) is 0.0633. The van der Waals surface area contributed by atoms with Crippen molar-refractivity contribution < 1.29 is 14.4 Å². The Hall–Kier alpha value is -1.75. The normalized spacial score (nSPS) is 10.2. The van der Waals surface area contributed by atoms with E-state index in [2.05, 4.69) is 10.3 Å². The number of hydroxylamine groups is 1. The summed E-state index contributed by atoms with van der Waals surface area (Å²) in [6, 6.07) is 12.0. The number of ether oxygens (including phenoxy) is 1. The Labute approximate surface area is 132 Å². The van der Waals surface area contributed by atoms with Gasteiger partial charge in [-0.25, -0.2) is 5.48 Å². The lowest BCUT2D eigenvalue weighted by Gasteiger charge is -2.11. The van der Waals surface area contributed by atoms with Crippen molar-refractivity contribution in [3.05, 3.63) is 63.6 Å². The summed E-state index contributed by atoms with van der Waals surface area (Å²) in [7, 11) is 1.37. The molecule has 6 heteroatoms. The summed E-state index contributed by atoms with van der Waals surface area (Å²) in [6.07, 6.45) is 0. The van der Waals surface area contributed by atoms with E-state index in [1.807, 2.05) is 0 Å². The lowest BCUT2D eigenvalue weighted by Crippen LogP contribution is -2.22. The van der Waals surface area contributed by atoms with E-state index in [0.29, 0.717) is 21.4 Å². The predicted molar refractivity (Wildman–Crippen MR) is 81.7 cm³/mol. The Balaban J connectivity index is 2.14. The second-order valence-corrected chi connectivity index (χ2v) is 5.00. The second-order valence-electron chi connectivity index (χ2n) is 4.16. The molecule has 4 nitrogen and oxygen atoms in total. The van der Waals surface area contributed by atoms with Crippen LogP contribution in [0.25, 0.3) is 0 Å². The zero-order valence-electron chi connectivity index (χ0n) is 11.2. The summed E-state index contributed by atoms with van der Waals surface area (Å²) in [6.45, 7) is 0.229. The van der Waals surface area contributed by atoms with E-state index in [4.69, 9.17) is 27.9 Å². The fraction of sp³-hybridized carbons (Fsp3) is 0.133. The molecule has 0 aliphatic heterocycles. The van der Waals surface area contributed by atoms with Crippen LogP contribution in [0.1, 0.15) is 15.9 Å². The molecule has 1 amide bonds. The van der Waals surface area contributed by atoms with E-state index in [0.717, 1.165) is 5.56 Å². The van der Waals surface area contributed by atoms with Crippen molar-refractivity contribution >= 4 is 29.1 Å². The van der Waals surface area contributed by atoms with Crippen molar-refractivity contribution in [3.63, 3.8) is 0 Å². The number of benzene rings is 2. The Kier molecular flexibility index (Phi) is 5.44. The molecule has 0 unspecified atom stereocenters. The van der Waals surface area contributed by atoms with Gasteiger partial charge < -0.3 is 4.74 Å². The fourth-order valence-electron chi connectivity index (χ4n) is 1.72. The number of halogens is 2. The Morgan fingerprint density at radius 2 is 1.95 bits per heavy atom. The van der Waals surface area contributed by atoms with Gasteiger partial charge in [-0.2, -0.15) is 0 Å². The van der Waals surface area contributed by atoms with E-state index < -0.39 is 0 Å². The molecule has 2 rings (SSSR count). The minimum absolute atomic E-state index is 0.229. The summed E-state index contributed by atoms with van der Waals surface area (Å²) in [5.41, 5.74) is 3.42. The highest BCUT2D eigenvalue weighted by atomic mass is 35.5. The first kappa shape index (κ1) is 15.6. The van der Waals surface area contributed by atoms with Gasteiger partial charge >= 0.3 is 0 Å². The van der Waals surface area contributed by atoms with Gasteiger partial charge in [-0.05, 0) is 24.3 Å². The maximum absolute atomic E-state index is 11.8. The number of carbonyl (C=O) groups is 1. The van der Waals surface area contributed by atoms with Gasteiger partial charge in [0.15, 0.2) is 0 Å². The van der Waals surface area contributed by atoms with E-state index in [-0.39, 0.29) is 12.5 Å². The van der Waals surface area contributed by atoms with Crippen LogP contribution in [-0.2, 0) is 11.4 Å². The maximum Gasteiger partial charge on any atom is 0.278 e. The minimum atomic E-state index is -0.379. The molecule has 0 aromatic heterocycles. The Morgan fingerprint density at radius 1 is 1.19 bits per heavy atom. The van der Waals surface area contributed by atoms with Gasteiger partial charge in [-0.1, -0.05) is 41.4 Å². The first-order chi connectivity index (χ1) is 10.1. The molecule has 110 valence electrons. The van der Waals surface area contributed by atoms with Gasteiger partial charge in [0.1, 0.15) is 12.4 Å². The predicted octanol–water partition coefficient (Wildman–Crippen LogP) is 3.86. The molecule has 2 aromatic rings. The van der Waals surface area contributed by atoms with Crippen molar-refractivity contribution in [3.8, 4) is 5.75 Å². The van der Waals surface area contributed by atoms with Crippen molar-refractivity contribution in [1.82, 2.24) is 5.48 Å². The smallest absolute Gasteiger partial charge is 0.278 e. The molecule has 1 N–H and O–H groups in total. The number of para-hydroxylation sites is 1. The van der Waals surface area contributed by atoms with Crippen molar-refractivity contribution in [1.29, 1.82) is 0 Å². The third kappa shape index (κ3) is 4.11. The number of nitrogens with one attached hydrogen (secondary N) is 1. The fourth-order valence-corrected chi connectivity index (χ4v) is 2.19. The standard InChI is InChI=1S/C15H13Cl2NO3/c1-20-18-15(19)12-4-2-3-5-14(12)21-9-10-6-7-11(16)8-13(10)17/h2-8H,9H2,1H3,(H,18,19). The van der Waals surface area contributed by atoms with E-state index >= 15 is 0 Å². The van der Waals surface area contributed by atoms with Crippen LogP contribution >= 0.6 is 23.2 Å². The lowest BCUT2D eigenvalue weighted by atomic mass is 10.2. The third-order valence-electron chi connectivity index (χ3n) is 2.72. The first-order valence-electron chi connectivity index (χ1n) is 6.11. The number of hydrogen-bond acceptors (Lipinski definition) is 3. The summed E-state index contributed by atoms with van der Waals surface area (Å²) >= 11 is 11.9. The Bertz CT molecular complexity index is 647. The van der Waals surface area contributed by atoms with Crippen LogP contribution in [-0.4, -0.2) is 13.0 Å². The van der Waals surface area contributed by atoms with E-state index in [1.165, 1.54) is 7.11 Å². The van der Waals surface area contributed by atoms with Gasteiger partial charge in [0.25, 0.3) is 5.91 Å². The van der Waals surface area contributed by atoms with E-state index in [1.54, 1.807) is 42.5 Å². The zero-order chi connectivity index (χ0) is 15.2. The van der Waals surface area contributed by atoms with Crippen LogP contribution in [0.4, 0.5) is 0 Å². The summed E-state index contributed by atoms with van der Waals surface area (Å²) < 4.78 is 5.67. The molecule has 21 heavy (non-hydrogen) atoms. The molecule has 0 fully saturated rings. The lowest BCUT2D eigenvalue weighted by molar-refractivity contribution is 0.0533. The summed E-state index contributed by atoms with van der Waals surface area (Å²) in [4.78, 5) is 16.4. The second kappa shape index (κ2) is 7.31. The molecule has 0 radical (unpaired) electrons. The molecule has 0 heterocycles. The van der Waals surface area contributed by atoms with Gasteiger partial charge in [-0.15, -0.1) is 0 Å². The quantitative estimate of drug-likeness (QED) is 0.849. The van der Waals surface area contributed by atoms with Crippen LogP contribution in [0, 0.1) is 0 Å². The van der Waals surface area contributed by atoms with Gasteiger partial charge in [-0.3, -0.25) is 9.63 Å². The van der Waals surface area contributed by atoms with Crippen LogP contribution in [0.3, 0.4) is 0 Å². The van der Waals surface area contributed by atoms with Crippen molar-refractivity contribution in [2.75, 3.05) is 7.11 Å². The molecule has 0 spiro atoms. The highest BCUT2D eigenvalue weighted by Gasteiger charge is 2.12. The average molecular weight is 326 g/mol. The van der Waals surface area contributed by atoms with Crippen LogP contribution < -0.4 is 10.2 Å². The molecular formula is C15H13Cl2NO3. The maximum atomic E-state index is 11.8. The molecule has 0 aliphatic rings.